The third-order valence-corrected chi connectivity index (χ3v) is 3.42. The molecule has 0 aliphatic rings. The van der Waals surface area contributed by atoms with Crippen molar-refractivity contribution in [2.75, 3.05) is 0 Å². The third-order valence-electron chi connectivity index (χ3n) is 2.90. The highest BCUT2D eigenvalue weighted by atomic mass is 79.9. The zero-order chi connectivity index (χ0) is 14.7. The fourth-order valence-electron chi connectivity index (χ4n) is 1.97. The van der Waals surface area contributed by atoms with Gasteiger partial charge in [0.05, 0.1) is 17.1 Å². The zero-order valence-corrected chi connectivity index (χ0v) is 13.1. The molecular formula is C15H10BrClN4. The maximum absolute atomic E-state index is 5.94. The Kier molecular flexibility index (Phi) is 4.13. The summed E-state index contributed by atoms with van der Waals surface area (Å²) >= 11 is 9.20. The quantitative estimate of drug-likeness (QED) is 0.744. The van der Waals surface area contributed by atoms with Crippen LogP contribution in [-0.2, 0) is 0 Å². The lowest BCUT2D eigenvalue weighted by atomic mass is 10.1. The van der Waals surface area contributed by atoms with E-state index in [0.717, 1.165) is 28.5 Å². The normalized spacial score (nSPS) is 11.1. The lowest BCUT2D eigenvalue weighted by Crippen LogP contribution is -1.87. The van der Waals surface area contributed by atoms with E-state index in [1.807, 2.05) is 36.4 Å². The van der Waals surface area contributed by atoms with Crippen molar-refractivity contribution in [3.05, 3.63) is 58.7 Å². The van der Waals surface area contributed by atoms with Crippen molar-refractivity contribution in [3.63, 3.8) is 0 Å². The first-order valence-corrected chi connectivity index (χ1v) is 7.46. The lowest BCUT2D eigenvalue weighted by Gasteiger charge is -2.02. The summed E-state index contributed by atoms with van der Waals surface area (Å²) in [5, 5.41) is 0.693. The van der Waals surface area contributed by atoms with Crippen molar-refractivity contribution in [2.45, 2.75) is 0 Å². The van der Waals surface area contributed by atoms with Gasteiger partial charge in [-0.1, -0.05) is 39.7 Å². The topological polar surface area (TPSA) is 54.5 Å². The first-order chi connectivity index (χ1) is 10.3. The Balaban J connectivity index is 2.16. The van der Waals surface area contributed by atoms with Crippen molar-refractivity contribution in [1.29, 1.82) is 0 Å². The fourth-order valence-corrected chi connectivity index (χ4v) is 2.35. The highest BCUT2D eigenvalue weighted by Gasteiger charge is 2.14. The number of nitrogens with zero attached hydrogens (tertiary/aromatic N) is 3. The van der Waals surface area contributed by atoms with Crippen LogP contribution in [0.1, 0.15) is 5.82 Å². The second-order valence-corrected chi connectivity index (χ2v) is 5.20. The van der Waals surface area contributed by atoms with E-state index in [4.69, 9.17) is 11.6 Å². The van der Waals surface area contributed by atoms with Gasteiger partial charge in [-0.3, -0.25) is 0 Å². The number of imidazole rings is 1. The molecule has 0 aliphatic heterocycles. The second-order valence-electron chi connectivity index (χ2n) is 4.24. The Morgan fingerprint density at radius 1 is 1.14 bits per heavy atom. The van der Waals surface area contributed by atoms with Crippen molar-refractivity contribution in [2.24, 2.45) is 0 Å². The standard InChI is InChI=1S/C15H10BrClN4/c16-7-5-13-20-14(10-1-3-11(17)4-2-10)15(21-13)12-6-8-18-9-19-12/h1-9H,(H,20,21). The number of hydrogen-bond acceptors (Lipinski definition) is 3. The Hall–Kier alpha value is -1.98. The number of aromatic amines is 1. The molecule has 3 aromatic rings. The van der Waals surface area contributed by atoms with Gasteiger partial charge in [-0.15, -0.1) is 0 Å². The predicted molar refractivity (Wildman–Crippen MR) is 88.0 cm³/mol. The van der Waals surface area contributed by atoms with Crippen LogP contribution in [0.25, 0.3) is 28.7 Å². The maximum atomic E-state index is 5.94. The number of benzene rings is 1. The third kappa shape index (κ3) is 3.04. The Morgan fingerprint density at radius 3 is 2.62 bits per heavy atom. The van der Waals surface area contributed by atoms with Crippen LogP contribution in [0.3, 0.4) is 0 Å². The van der Waals surface area contributed by atoms with E-state index < -0.39 is 0 Å². The molecule has 6 heteroatoms. The average Bonchev–Trinajstić information content (AvgIpc) is 2.93. The van der Waals surface area contributed by atoms with Gasteiger partial charge in [0, 0.05) is 16.8 Å². The minimum atomic E-state index is 0.693. The largest absolute Gasteiger partial charge is 0.337 e. The van der Waals surface area contributed by atoms with Crippen molar-refractivity contribution in [1.82, 2.24) is 19.9 Å². The van der Waals surface area contributed by atoms with Gasteiger partial charge in [-0.25, -0.2) is 15.0 Å². The summed E-state index contributed by atoms with van der Waals surface area (Å²) in [7, 11) is 0. The Bertz CT molecular complexity index is 766. The molecule has 2 heterocycles. The van der Waals surface area contributed by atoms with Gasteiger partial charge in [-0.05, 0) is 29.3 Å². The van der Waals surface area contributed by atoms with Crippen LogP contribution in [0.2, 0.25) is 5.02 Å². The molecule has 0 atom stereocenters. The molecule has 3 rings (SSSR count). The molecule has 0 amide bonds. The van der Waals surface area contributed by atoms with E-state index in [1.165, 1.54) is 6.33 Å². The number of nitrogens with one attached hydrogen (secondary N) is 1. The summed E-state index contributed by atoms with van der Waals surface area (Å²) in [6, 6.07) is 9.40. The summed E-state index contributed by atoms with van der Waals surface area (Å²) < 4.78 is 0. The molecule has 104 valence electrons. The summed E-state index contributed by atoms with van der Waals surface area (Å²) in [5.41, 5.74) is 3.43. The van der Waals surface area contributed by atoms with E-state index in [1.54, 1.807) is 11.2 Å². The molecule has 1 aromatic carbocycles. The highest BCUT2D eigenvalue weighted by molar-refractivity contribution is 9.11. The molecule has 0 saturated carbocycles. The van der Waals surface area contributed by atoms with Gasteiger partial charge < -0.3 is 4.98 Å². The van der Waals surface area contributed by atoms with E-state index in [2.05, 4.69) is 35.9 Å². The minimum absolute atomic E-state index is 0.693. The van der Waals surface area contributed by atoms with Gasteiger partial charge in [0.2, 0.25) is 0 Å². The maximum Gasteiger partial charge on any atom is 0.131 e. The number of hydrogen-bond donors (Lipinski definition) is 1. The predicted octanol–water partition coefficient (Wildman–Crippen LogP) is 4.55. The molecule has 0 spiro atoms. The number of H-pyrrole nitrogens is 1. The van der Waals surface area contributed by atoms with Gasteiger partial charge in [-0.2, -0.15) is 0 Å². The van der Waals surface area contributed by atoms with Crippen LogP contribution in [0, 0.1) is 0 Å². The lowest BCUT2D eigenvalue weighted by molar-refractivity contribution is 1.16. The molecule has 4 nitrogen and oxygen atoms in total. The Morgan fingerprint density at radius 2 is 1.95 bits per heavy atom. The summed E-state index contributed by atoms with van der Waals surface area (Å²) in [6.07, 6.45) is 5.06. The van der Waals surface area contributed by atoms with Crippen LogP contribution >= 0.6 is 27.5 Å². The minimum Gasteiger partial charge on any atom is -0.337 e. The van der Waals surface area contributed by atoms with Crippen LogP contribution in [-0.4, -0.2) is 19.9 Å². The van der Waals surface area contributed by atoms with Crippen molar-refractivity contribution < 1.29 is 0 Å². The van der Waals surface area contributed by atoms with Crippen LogP contribution in [0.5, 0.6) is 0 Å². The monoisotopic (exact) mass is 360 g/mol. The molecule has 0 fully saturated rings. The summed E-state index contributed by atoms with van der Waals surface area (Å²) in [4.78, 5) is 17.8. The molecule has 0 saturated heterocycles. The molecule has 1 N–H and O–H groups in total. The molecule has 21 heavy (non-hydrogen) atoms. The first-order valence-electron chi connectivity index (χ1n) is 6.17. The van der Waals surface area contributed by atoms with Gasteiger partial charge in [0.25, 0.3) is 0 Å². The molecule has 0 aliphatic carbocycles. The SMILES string of the molecule is Clc1ccc(-c2nc(C=CBr)[nH]c2-c2ccncn2)cc1. The van der Waals surface area contributed by atoms with Gasteiger partial charge in [0.1, 0.15) is 12.2 Å². The fraction of sp³-hybridized carbons (Fsp3) is 0. The molecule has 0 radical (unpaired) electrons. The zero-order valence-electron chi connectivity index (χ0n) is 10.8. The summed E-state index contributed by atoms with van der Waals surface area (Å²) in [6.45, 7) is 0. The van der Waals surface area contributed by atoms with E-state index in [-0.39, 0.29) is 0 Å². The van der Waals surface area contributed by atoms with Gasteiger partial charge >= 0.3 is 0 Å². The van der Waals surface area contributed by atoms with E-state index >= 15 is 0 Å². The average molecular weight is 362 g/mol. The molecule has 0 unspecified atom stereocenters. The highest BCUT2D eigenvalue weighted by Crippen LogP contribution is 2.29. The van der Waals surface area contributed by atoms with Crippen LogP contribution < -0.4 is 0 Å². The number of rotatable bonds is 3. The second kappa shape index (κ2) is 6.20. The van der Waals surface area contributed by atoms with Crippen molar-refractivity contribution in [3.8, 4) is 22.6 Å². The number of halogens is 2. The van der Waals surface area contributed by atoms with E-state index in [9.17, 15) is 0 Å². The summed E-state index contributed by atoms with van der Waals surface area (Å²) in [5.74, 6) is 0.741. The first kappa shape index (κ1) is 14.0. The van der Waals surface area contributed by atoms with Crippen LogP contribution in [0.4, 0.5) is 0 Å². The Labute approximate surface area is 135 Å². The molecule has 2 aromatic heterocycles. The molecular weight excluding hydrogens is 352 g/mol. The van der Waals surface area contributed by atoms with Crippen LogP contribution in [0.15, 0.2) is 47.8 Å². The van der Waals surface area contributed by atoms with E-state index in [0.29, 0.717) is 5.02 Å². The smallest absolute Gasteiger partial charge is 0.131 e. The van der Waals surface area contributed by atoms with Gasteiger partial charge in [0.15, 0.2) is 0 Å². The van der Waals surface area contributed by atoms with Crippen molar-refractivity contribution >= 4 is 33.6 Å². The molecule has 0 bridgehead atoms. The number of aromatic nitrogens is 4.